The summed E-state index contributed by atoms with van der Waals surface area (Å²) in [6.07, 6.45) is 1.83. The van der Waals surface area contributed by atoms with E-state index in [-0.39, 0.29) is 5.97 Å². The molecule has 2 N–H and O–H groups in total. The van der Waals surface area contributed by atoms with Gasteiger partial charge in [0.25, 0.3) is 0 Å². The molecule has 0 aliphatic rings. The summed E-state index contributed by atoms with van der Waals surface area (Å²) in [5.41, 5.74) is 7.84. The summed E-state index contributed by atoms with van der Waals surface area (Å²) in [5.74, 6) is -0.292. The lowest BCUT2D eigenvalue weighted by atomic mass is 10.0. The van der Waals surface area contributed by atoms with E-state index in [0.29, 0.717) is 17.9 Å². The minimum absolute atomic E-state index is 0.292. The van der Waals surface area contributed by atoms with Crippen LogP contribution in [0.15, 0.2) is 18.2 Å². The van der Waals surface area contributed by atoms with Gasteiger partial charge in [0.2, 0.25) is 0 Å². The quantitative estimate of drug-likeness (QED) is 0.514. The van der Waals surface area contributed by atoms with Crippen LogP contribution in [0, 0.1) is 0 Å². The van der Waals surface area contributed by atoms with Crippen molar-refractivity contribution in [1.29, 1.82) is 0 Å². The second-order valence-corrected chi connectivity index (χ2v) is 4.22. The zero-order chi connectivity index (χ0) is 12.0. The number of carbonyl (C=O) groups excluding carboxylic acids is 1. The Labute approximate surface area is 104 Å². The Morgan fingerprint density at radius 3 is 2.88 bits per heavy atom. The predicted molar refractivity (Wildman–Crippen MR) is 68.9 cm³/mol. The van der Waals surface area contributed by atoms with E-state index in [1.54, 1.807) is 13.0 Å². The van der Waals surface area contributed by atoms with Crippen LogP contribution < -0.4 is 5.73 Å². The Morgan fingerprint density at radius 2 is 2.25 bits per heavy atom. The molecule has 0 saturated heterocycles. The van der Waals surface area contributed by atoms with Gasteiger partial charge in [-0.1, -0.05) is 22.0 Å². The normalized spacial score (nSPS) is 10.1. The lowest BCUT2D eigenvalue weighted by Gasteiger charge is -2.09. The van der Waals surface area contributed by atoms with Gasteiger partial charge in [-0.15, -0.1) is 0 Å². The highest BCUT2D eigenvalue weighted by Crippen LogP contribution is 2.17. The molecule has 0 heterocycles. The fourth-order valence-electron chi connectivity index (χ4n) is 1.47. The third-order valence-corrected chi connectivity index (χ3v) is 2.77. The molecule has 1 aromatic carbocycles. The first-order valence-corrected chi connectivity index (χ1v) is 6.42. The maximum Gasteiger partial charge on any atom is 0.338 e. The predicted octanol–water partition coefficient (Wildman–Crippen LogP) is 2.77. The standard InChI is InChI=1S/C12H16BrNO2/c1-2-16-12(15)11-8-10(14)6-5-9(11)4-3-7-13/h5-6,8H,2-4,7,14H2,1H3. The van der Waals surface area contributed by atoms with Gasteiger partial charge in [0.15, 0.2) is 0 Å². The molecule has 0 spiro atoms. The van der Waals surface area contributed by atoms with Crippen LogP contribution in [0.25, 0.3) is 0 Å². The van der Waals surface area contributed by atoms with Crippen LogP contribution in [-0.2, 0) is 11.2 Å². The zero-order valence-electron chi connectivity index (χ0n) is 9.33. The first kappa shape index (κ1) is 13.0. The summed E-state index contributed by atoms with van der Waals surface area (Å²) < 4.78 is 5.00. The van der Waals surface area contributed by atoms with Gasteiger partial charge in [-0.05, 0) is 37.5 Å². The molecule has 0 aliphatic heterocycles. The van der Waals surface area contributed by atoms with Crippen LogP contribution in [0.1, 0.15) is 29.3 Å². The zero-order valence-corrected chi connectivity index (χ0v) is 10.9. The number of halogens is 1. The number of rotatable bonds is 5. The summed E-state index contributed by atoms with van der Waals surface area (Å²) in [7, 11) is 0. The maximum absolute atomic E-state index is 11.7. The Morgan fingerprint density at radius 1 is 1.50 bits per heavy atom. The van der Waals surface area contributed by atoms with Gasteiger partial charge < -0.3 is 10.5 Å². The van der Waals surface area contributed by atoms with Crippen molar-refractivity contribution >= 4 is 27.6 Å². The van der Waals surface area contributed by atoms with Gasteiger partial charge in [-0.2, -0.15) is 0 Å². The van der Waals surface area contributed by atoms with Crippen LogP contribution in [0.3, 0.4) is 0 Å². The number of anilines is 1. The maximum atomic E-state index is 11.7. The SMILES string of the molecule is CCOC(=O)c1cc(N)ccc1CCCBr. The van der Waals surface area contributed by atoms with Crippen molar-refractivity contribution in [2.75, 3.05) is 17.7 Å². The Balaban J connectivity index is 2.93. The van der Waals surface area contributed by atoms with Crippen molar-refractivity contribution in [3.63, 3.8) is 0 Å². The van der Waals surface area contributed by atoms with Crippen LogP contribution in [0.2, 0.25) is 0 Å². The van der Waals surface area contributed by atoms with Crippen LogP contribution >= 0.6 is 15.9 Å². The molecule has 0 atom stereocenters. The number of nitrogen functional groups attached to an aromatic ring is 1. The fraction of sp³-hybridized carbons (Fsp3) is 0.417. The number of alkyl halides is 1. The topological polar surface area (TPSA) is 52.3 Å². The first-order valence-electron chi connectivity index (χ1n) is 5.30. The molecule has 0 fully saturated rings. The van der Waals surface area contributed by atoms with E-state index in [1.165, 1.54) is 0 Å². The van der Waals surface area contributed by atoms with Gasteiger partial charge in [0.05, 0.1) is 12.2 Å². The van der Waals surface area contributed by atoms with Gasteiger partial charge in [-0.25, -0.2) is 4.79 Å². The molecule has 0 aromatic heterocycles. The summed E-state index contributed by atoms with van der Waals surface area (Å²) >= 11 is 3.37. The highest BCUT2D eigenvalue weighted by Gasteiger charge is 2.12. The van der Waals surface area contributed by atoms with Crippen molar-refractivity contribution in [2.24, 2.45) is 0 Å². The average molecular weight is 286 g/mol. The van der Waals surface area contributed by atoms with E-state index < -0.39 is 0 Å². The van der Waals surface area contributed by atoms with Gasteiger partial charge >= 0.3 is 5.97 Å². The summed E-state index contributed by atoms with van der Waals surface area (Å²) in [5, 5.41) is 0.916. The Bertz CT molecular complexity index is 366. The molecule has 3 nitrogen and oxygen atoms in total. The van der Waals surface area contributed by atoms with E-state index in [4.69, 9.17) is 10.5 Å². The average Bonchev–Trinajstić information content (AvgIpc) is 2.27. The number of esters is 1. The molecule has 16 heavy (non-hydrogen) atoms. The molecular formula is C12H16BrNO2. The molecule has 0 aliphatic carbocycles. The van der Waals surface area contributed by atoms with Gasteiger partial charge in [0.1, 0.15) is 0 Å². The molecule has 1 rings (SSSR count). The number of hydrogen-bond donors (Lipinski definition) is 1. The van der Waals surface area contributed by atoms with E-state index in [2.05, 4.69) is 15.9 Å². The van der Waals surface area contributed by atoms with Gasteiger partial charge in [0, 0.05) is 11.0 Å². The summed E-state index contributed by atoms with van der Waals surface area (Å²) in [6, 6.07) is 5.39. The Kier molecular flexibility index (Phi) is 5.32. The fourth-order valence-corrected chi connectivity index (χ4v) is 1.75. The van der Waals surface area contributed by atoms with E-state index >= 15 is 0 Å². The van der Waals surface area contributed by atoms with Crippen LogP contribution in [-0.4, -0.2) is 17.9 Å². The highest BCUT2D eigenvalue weighted by atomic mass is 79.9. The molecule has 0 saturated carbocycles. The minimum atomic E-state index is -0.292. The second kappa shape index (κ2) is 6.53. The molecule has 4 heteroatoms. The molecule has 0 radical (unpaired) electrons. The van der Waals surface area contributed by atoms with Crippen molar-refractivity contribution in [1.82, 2.24) is 0 Å². The van der Waals surface area contributed by atoms with Crippen molar-refractivity contribution < 1.29 is 9.53 Å². The monoisotopic (exact) mass is 285 g/mol. The van der Waals surface area contributed by atoms with Crippen LogP contribution in [0.4, 0.5) is 5.69 Å². The molecule has 0 bridgehead atoms. The highest BCUT2D eigenvalue weighted by molar-refractivity contribution is 9.09. The molecule has 1 aromatic rings. The molecule has 0 unspecified atom stereocenters. The first-order chi connectivity index (χ1) is 7.69. The van der Waals surface area contributed by atoms with E-state index in [1.807, 2.05) is 12.1 Å². The van der Waals surface area contributed by atoms with Crippen molar-refractivity contribution in [2.45, 2.75) is 19.8 Å². The Hall–Kier alpha value is -1.03. The number of ether oxygens (including phenoxy) is 1. The third kappa shape index (κ3) is 3.52. The number of carbonyl (C=O) groups is 1. The van der Waals surface area contributed by atoms with Gasteiger partial charge in [-0.3, -0.25) is 0 Å². The van der Waals surface area contributed by atoms with E-state index in [9.17, 15) is 4.79 Å². The molecular weight excluding hydrogens is 270 g/mol. The number of nitrogens with two attached hydrogens (primary N) is 1. The van der Waals surface area contributed by atoms with E-state index in [0.717, 1.165) is 23.7 Å². The lowest BCUT2D eigenvalue weighted by molar-refractivity contribution is 0.0525. The molecule has 0 amide bonds. The third-order valence-electron chi connectivity index (χ3n) is 2.21. The smallest absolute Gasteiger partial charge is 0.338 e. The summed E-state index contributed by atoms with van der Waals surface area (Å²) in [6.45, 7) is 2.17. The van der Waals surface area contributed by atoms with Crippen molar-refractivity contribution in [3.05, 3.63) is 29.3 Å². The second-order valence-electron chi connectivity index (χ2n) is 3.43. The number of benzene rings is 1. The minimum Gasteiger partial charge on any atom is -0.462 e. The number of hydrogen-bond acceptors (Lipinski definition) is 3. The van der Waals surface area contributed by atoms with Crippen LogP contribution in [0.5, 0.6) is 0 Å². The van der Waals surface area contributed by atoms with Crippen molar-refractivity contribution in [3.8, 4) is 0 Å². The molecule has 88 valence electrons. The lowest BCUT2D eigenvalue weighted by Crippen LogP contribution is -2.09. The number of aryl methyl sites for hydroxylation is 1. The summed E-state index contributed by atoms with van der Waals surface area (Å²) in [4.78, 5) is 11.7. The largest absolute Gasteiger partial charge is 0.462 e.